The molecule has 0 saturated heterocycles. The fourth-order valence-corrected chi connectivity index (χ4v) is 6.02. The number of rotatable bonds is 4. The van der Waals surface area contributed by atoms with Crippen molar-refractivity contribution in [2.45, 2.75) is 20.4 Å². The Morgan fingerprint density at radius 2 is 1.80 bits per heavy atom. The van der Waals surface area contributed by atoms with E-state index in [0.717, 1.165) is 26.3 Å². The molecule has 0 atom stereocenters. The molecule has 154 valence electrons. The molecule has 3 heterocycles. The summed E-state index contributed by atoms with van der Waals surface area (Å²) < 4.78 is 3.00. The van der Waals surface area contributed by atoms with Crippen LogP contribution in [-0.4, -0.2) is 14.9 Å². The zero-order chi connectivity index (χ0) is 21.7. The monoisotopic (exact) mass is 498 g/mol. The molecule has 10 heteroatoms. The van der Waals surface area contributed by atoms with Gasteiger partial charge < -0.3 is 0 Å². The topological polar surface area (TPSA) is 61.1 Å². The van der Waals surface area contributed by atoms with Gasteiger partial charge in [-0.2, -0.15) is 0 Å². The Bertz CT molecular complexity index is 1450. The largest absolute Gasteiger partial charge is 0.337 e. The Balaban J connectivity index is 2.00. The Kier molecular flexibility index (Phi) is 5.67. The highest BCUT2D eigenvalue weighted by molar-refractivity contribution is 7.20. The number of Topliss-reactive ketones (excluding diaryl/α,β-unsaturated/α-hetero) is 1. The number of carbonyl (C=O) groups is 1. The van der Waals surface area contributed by atoms with Gasteiger partial charge in [0.25, 0.3) is 5.56 Å². The summed E-state index contributed by atoms with van der Waals surface area (Å²) in [5, 5.41) is 0.791. The van der Waals surface area contributed by atoms with Gasteiger partial charge in [0.15, 0.2) is 5.78 Å². The van der Waals surface area contributed by atoms with Gasteiger partial charge in [0.1, 0.15) is 9.17 Å². The molecule has 0 aliphatic heterocycles. The molecule has 0 aliphatic rings. The Labute approximate surface area is 193 Å². The highest BCUT2D eigenvalue weighted by Crippen LogP contribution is 2.32. The molecule has 0 spiro atoms. The number of aromatic nitrogens is 2. The van der Waals surface area contributed by atoms with Crippen molar-refractivity contribution in [3.63, 3.8) is 0 Å². The average molecular weight is 500 g/mol. The van der Waals surface area contributed by atoms with Crippen molar-refractivity contribution in [1.29, 1.82) is 0 Å². The lowest BCUT2D eigenvalue weighted by molar-refractivity contribution is 0.0972. The SMILES string of the molecule is Cc1sc2c(c1C)c(=O)n(-c1cccc(Cl)c1)c(=O)n2CC(=O)c1cc(Cl)sc1Cl. The molecule has 30 heavy (non-hydrogen) atoms. The maximum atomic E-state index is 13.4. The lowest BCUT2D eigenvalue weighted by Gasteiger charge is -2.12. The van der Waals surface area contributed by atoms with Gasteiger partial charge >= 0.3 is 5.69 Å². The van der Waals surface area contributed by atoms with E-state index >= 15 is 0 Å². The van der Waals surface area contributed by atoms with E-state index in [-0.39, 0.29) is 22.2 Å². The minimum atomic E-state index is -0.623. The van der Waals surface area contributed by atoms with Crippen LogP contribution in [0.3, 0.4) is 0 Å². The van der Waals surface area contributed by atoms with E-state index in [2.05, 4.69) is 0 Å². The van der Waals surface area contributed by atoms with E-state index in [1.165, 1.54) is 28.0 Å². The fourth-order valence-electron chi connectivity index (χ4n) is 3.20. The van der Waals surface area contributed by atoms with Crippen molar-refractivity contribution in [3.8, 4) is 5.69 Å². The van der Waals surface area contributed by atoms with Gasteiger partial charge in [0.2, 0.25) is 0 Å². The number of carbonyl (C=O) groups excluding carboxylic acids is 1. The molecule has 0 radical (unpaired) electrons. The van der Waals surface area contributed by atoms with Crippen LogP contribution in [0.1, 0.15) is 20.8 Å². The van der Waals surface area contributed by atoms with Gasteiger partial charge in [-0.05, 0) is 43.7 Å². The van der Waals surface area contributed by atoms with Crippen LogP contribution in [0.25, 0.3) is 15.9 Å². The molecule has 0 amide bonds. The second kappa shape index (κ2) is 7.98. The van der Waals surface area contributed by atoms with E-state index in [9.17, 15) is 14.4 Å². The van der Waals surface area contributed by atoms with Crippen LogP contribution >= 0.6 is 57.5 Å². The maximum absolute atomic E-state index is 13.4. The number of ketones is 1. The van der Waals surface area contributed by atoms with E-state index in [1.54, 1.807) is 18.2 Å². The summed E-state index contributed by atoms with van der Waals surface area (Å²) in [7, 11) is 0. The second-order valence-corrected chi connectivity index (χ2v) is 10.5. The number of nitrogens with zero attached hydrogens (tertiary/aromatic N) is 2. The van der Waals surface area contributed by atoms with Crippen LogP contribution in [0.15, 0.2) is 39.9 Å². The first-order valence-electron chi connectivity index (χ1n) is 8.68. The molecule has 4 rings (SSSR count). The zero-order valence-electron chi connectivity index (χ0n) is 15.7. The van der Waals surface area contributed by atoms with E-state index in [4.69, 9.17) is 34.8 Å². The summed E-state index contributed by atoms with van der Waals surface area (Å²) in [5.74, 6) is -0.369. The molecule has 1 aromatic carbocycles. The summed E-state index contributed by atoms with van der Waals surface area (Å²) in [6.45, 7) is 3.42. The van der Waals surface area contributed by atoms with Crippen molar-refractivity contribution in [2.75, 3.05) is 0 Å². The first kappa shape index (κ1) is 21.3. The van der Waals surface area contributed by atoms with Crippen molar-refractivity contribution in [3.05, 3.63) is 80.9 Å². The van der Waals surface area contributed by atoms with Crippen molar-refractivity contribution < 1.29 is 4.79 Å². The van der Waals surface area contributed by atoms with Crippen molar-refractivity contribution in [2.24, 2.45) is 0 Å². The van der Waals surface area contributed by atoms with Gasteiger partial charge in [-0.15, -0.1) is 22.7 Å². The third-order valence-corrected chi connectivity index (χ3v) is 7.73. The van der Waals surface area contributed by atoms with E-state index in [0.29, 0.717) is 25.3 Å². The van der Waals surface area contributed by atoms with Gasteiger partial charge in [-0.25, -0.2) is 9.36 Å². The normalized spacial score (nSPS) is 11.4. The summed E-state index contributed by atoms with van der Waals surface area (Å²) in [6.07, 6.45) is 0. The smallest absolute Gasteiger partial charge is 0.292 e. The Morgan fingerprint density at radius 1 is 1.07 bits per heavy atom. The highest BCUT2D eigenvalue weighted by atomic mass is 35.5. The predicted molar refractivity (Wildman–Crippen MR) is 125 cm³/mol. The van der Waals surface area contributed by atoms with E-state index in [1.807, 2.05) is 13.8 Å². The molecule has 3 aromatic heterocycles. The minimum Gasteiger partial charge on any atom is -0.292 e. The maximum Gasteiger partial charge on any atom is 0.337 e. The molecule has 0 aliphatic carbocycles. The number of hydrogen-bond donors (Lipinski definition) is 0. The zero-order valence-corrected chi connectivity index (χ0v) is 19.6. The number of aryl methyl sites for hydroxylation is 2. The predicted octanol–water partition coefficient (Wildman–Crippen LogP) is 5.74. The van der Waals surface area contributed by atoms with E-state index < -0.39 is 11.2 Å². The van der Waals surface area contributed by atoms with Crippen LogP contribution in [0.4, 0.5) is 0 Å². The summed E-state index contributed by atoms with van der Waals surface area (Å²) in [6, 6.07) is 7.95. The first-order chi connectivity index (χ1) is 14.2. The second-order valence-electron chi connectivity index (χ2n) is 6.61. The van der Waals surface area contributed by atoms with Gasteiger partial charge in [-0.3, -0.25) is 14.2 Å². The third kappa shape index (κ3) is 3.55. The Hall–Kier alpha value is -1.90. The standard InChI is InChI=1S/C20H13Cl3N2O3S2/c1-9-10(2)29-19-16(9)18(27)25(12-5-3-4-11(21)6-12)20(28)24(19)8-14(26)13-7-15(22)30-17(13)23/h3-7H,8H2,1-2H3. The minimum absolute atomic E-state index is 0.247. The number of fused-ring (bicyclic) bond motifs is 1. The molecule has 0 fully saturated rings. The summed E-state index contributed by atoms with van der Waals surface area (Å²) in [4.78, 5) is 40.9. The van der Waals surface area contributed by atoms with Crippen LogP contribution in [0.5, 0.6) is 0 Å². The molecular formula is C20H13Cl3N2O3S2. The number of hydrogen-bond acceptors (Lipinski definition) is 5. The molecule has 0 unspecified atom stereocenters. The molecular weight excluding hydrogens is 487 g/mol. The average Bonchev–Trinajstić information content (AvgIpc) is 3.17. The lowest BCUT2D eigenvalue weighted by atomic mass is 10.2. The van der Waals surface area contributed by atoms with Gasteiger partial charge in [-0.1, -0.05) is 40.9 Å². The highest BCUT2D eigenvalue weighted by Gasteiger charge is 2.23. The molecule has 5 nitrogen and oxygen atoms in total. The molecule has 0 N–H and O–H groups in total. The summed E-state index contributed by atoms with van der Waals surface area (Å²) >= 11 is 20.5. The summed E-state index contributed by atoms with van der Waals surface area (Å²) in [5.41, 5.74) is 0.285. The molecule has 0 bridgehead atoms. The van der Waals surface area contributed by atoms with Crippen LogP contribution in [-0.2, 0) is 6.54 Å². The lowest BCUT2D eigenvalue weighted by Crippen LogP contribution is -2.39. The van der Waals surface area contributed by atoms with Crippen LogP contribution < -0.4 is 11.2 Å². The van der Waals surface area contributed by atoms with Crippen LogP contribution in [0.2, 0.25) is 13.7 Å². The number of benzene rings is 1. The molecule has 0 saturated carbocycles. The first-order valence-corrected chi connectivity index (χ1v) is 11.4. The van der Waals surface area contributed by atoms with Gasteiger partial charge in [0, 0.05) is 9.90 Å². The van der Waals surface area contributed by atoms with Gasteiger partial charge in [0.05, 0.1) is 27.5 Å². The third-order valence-electron chi connectivity index (χ3n) is 4.78. The fraction of sp³-hybridized carbons (Fsp3) is 0.150. The number of thiophene rings is 2. The van der Waals surface area contributed by atoms with Crippen molar-refractivity contribution in [1.82, 2.24) is 9.13 Å². The Morgan fingerprint density at radius 3 is 2.43 bits per heavy atom. The number of halogens is 3. The molecule has 4 aromatic rings. The quantitative estimate of drug-likeness (QED) is 0.337. The van der Waals surface area contributed by atoms with Crippen molar-refractivity contribution >= 4 is 73.5 Å². The van der Waals surface area contributed by atoms with Crippen LogP contribution in [0, 0.1) is 13.8 Å².